The molecular formula is C14H12N2O5S. The van der Waals surface area contributed by atoms with Gasteiger partial charge >= 0.3 is 5.97 Å². The van der Waals surface area contributed by atoms with E-state index in [1.807, 2.05) is 0 Å². The Hall–Kier alpha value is -2.87. The minimum Gasteiger partial charge on any atom is -0.507 e. The van der Waals surface area contributed by atoms with Crippen LogP contribution in [0.1, 0.15) is 26.5 Å². The van der Waals surface area contributed by atoms with Gasteiger partial charge < -0.3 is 19.9 Å². The smallest absolute Gasteiger partial charge is 0.339 e. The van der Waals surface area contributed by atoms with Crippen molar-refractivity contribution in [3.63, 3.8) is 0 Å². The highest BCUT2D eigenvalue weighted by atomic mass is 32.1. The molecule has 114 valence electrons. The van der Waals surface area contributed by atoms with Gasteiger partial charge in [-0.15, -0.1) is 0 Å². The van der Waals surface area contributed by atoms with Crippen molar-refractivity contribution in [1.29, 1.82) is 0 Å². The van der Waals surface area contributed by atoms with Crippen molar-refractivity contribution in [3.8, 4) is 5.75 Å². The van der Waals surface area contributed by atoms with Crippen LogP contribution in [-0.4, -0.2) is 27.2 Å². The predicted molar refractivity (Wildman–Crippen MR) is 82.2 cm³/mol. The van der Waals surface area contributed by atoms with E-state index in [2.05, 4.69) is 10.6 Å². The number of aryl methyl sites for hydroxylation is 1. The van der Waals surface area contributed by atoms with E-state index in [0.29, 0.717) is 11.3 Å². The van der Waals surface area contributed by atoms with Crippen LogP contribution in [0.5, 0.6) is 5.75 Å². The van der Waals surface area contributed by atoms with Crippen LogP contribution < -0.4 is 10.6 Å². The molecule has 0 fully saturated rings. The summed E-state index contributed by atoms with van der Waals surface area (Å²) in [7, 11) is 0. The van der Waals surface area contributed by atoms with Crippen LogP contribution in [0.3, 0.4) is 0 Å². The van der Waals surface area contributed by atoms with Crippen molar-refractivity contribution in [2.75, 3.05) is 5.32 Å². The highest BCUT2D eigenvalue weighted by Gasteiger charge is 2.15. The first-order valence-corrected chi connectivity index (χ1v) is 6.52. The van der Waals surface area contributed by atoms with Gasteiger partial charge in [-0.05, 0) is 49.0 Å². The van der Waals surface area contributed by atoms with Crippen LogP contribution in [-0.2, 0) is 0 Å². The summed E-state index contributed by atoms with van der Waals surface area (Å²) in [6.07, 6.45) is 1.36. The first-order chi connectivity index (χ1) is 10.4. The zero-order valence-electron chi connectivity index (χ0n) is 11.4. The minimum absolute atomic E-state index is 0.0252. The maximum Gasteiger partial charge on any atom is 0.339 e. The molecule has 1 heterocycles. The lowest BCUT2D eigenvalue weighted by molar-refractivity contribution is 0.0693. The van der Waals surface area contributed by atoms with Gasteiger partial charge in [-0.3, -0.25) is 10.1 Å². The Balaban J connectivity index is 2.12. The van der Waals surface area contributed by atoms with Crippen LogP contribution in [0.15, 0.2) is 34.9 Å². The number of rotatable bonds is 3. The largest absolute Gasteiger partial charge is 0.507 e. The third kappa shape index (κ3) is 3.41. The highest BCUT2D eigenvalue weighted by molar-refractivity contribution is 7.80. The third-order valence-corrected chi connectivity index (χ3v) is 2.96. The average Bonchev–Trinajstić information content (AvgIpc) is 2.96. The Bertz CT molecular complexity index is 740. The molecule has 0 saturated heterocycles. The number of anilines is 1. The Morgan fingerprint density at radius 1 is 1.32 bits per heavy atom. The maximum absolute atomic E-state index is 11.7. The zero-order valence-corrected chi connectivity index (χ0v) is 12.2. The lowest BCUT2D eigenvalue weighted by atomic mass is 10.1. The molecule has 22 heavy (non-hydrogen) atoms. The summed E-state index contributed by atoms with van der Waals surface area (Å²) in [6.45, 7) is 1.55. The molecule has 0 atom stereocenters. The summed E-state index contributed by atoms with van der Waals surface area (Å²) in [5, 5.41) is 23.7. The fourth-order valence-corrected chi connectivity index (χ4v) is 1.96. The van der Waals surface area contributed by atoms with Gasteiger partial charge in [-0.1, -0.05) is 0 Å². The summed E-state index contributed by atoms with van der Waals surface area (Å²) in [5.41, 5.74) is 0.433. The number of benzene rings is 1. The number of furan rings is 1. The number of hydrogen-bond acceptors (Lipinski definition) is 5. The molecule has 1 amide bonds. The molecule has 1 aromatic heterocycles. The number of carbonyl (C=O) groups is 2. The fraction of sp³-hybridized carbons (Fsp3) is 0.0714. The summed E-state index contributed by atoms with van der Waals surface area (Å²) < 4.78 is 4.92. The highest BCUT2D eigenvalue weighted by Crippen LogP contribution is 2.26. The third-order valence-electron chi connectivity index (χ3n) is 2.76. The fourth-order valence-electron chi connectivity index (χ4n) is 1.75. The molecule has 4 N–H and O–H groups in total. The van der Waals surface area contributed by atoms with E-state index < -0.39 is 11.9 Å². The second-order valence-electron chi connectivity index (χ2n) is 4.38. The lowest BCUT2D eigenvalue weighted by Crippen LogP contribution is -2.33. The number of nitrogens with one attached hydrogen (secondary N) is 2. The lowest BCUT2D eigenvalue weighted by Gasteiger charge is -2.11. The van der Waals surface area contributed by atoms with Gasteiger partial charge in [-0.25, -0.2) is 4.79 Å². The number of thiocarbonyl (C=S) groups is 1. The number of carboxylic acids is 1. The number of carbonyl (C=O) groups excluding carboxylic acids is 1. The van der Waals surface area contributed by atoms with Crippen LogP contribution in [0.4, 0.5) is 5.69 Å². The quantitative estimate of drug-likeness (QED) is 0.506. The first-order valence-electron chi connectivity index (χ1n) is 6.11. The van der Waals surface area contributed by atoms with E-state index in [1.54, 1.807) is 13.0 Å². The monoisotopic (exact) mass is 320 g/mol. The standard InChI is InChI=1S/C14H12N2O5S/c1-7-5-8(6-9(11(7)17)13(19)20)15-14(22)16-12(18)10-3-2-4-21-10/h2-6,17H,1H3,(H,19,20)(H2,15,16,18,22). The number of carboxylic acid groups (broad SMARTS) is 1. The summed E-state index contributed by atoms with van der Waals surface area (Å²) in [6, 6.07) is 5.77. The van der Waals surface area contributed by atoms with E-state index >= 15 is 0 Å². The SMILES string of the molecule is Cc1cc(NC(=S)NC(=O)c2ccco2)cc(C(=O)O)c1O. The molecule has 0 bridgehead atoms. The van der Waals surface area contributed by atoms with Gasteiger partial charge in [0.05, 0.1) is 6.26 Å². The van der Waals surface area contributed by atoms with Crippen molar-refractivity contribution in [2.45, 2.75) is 6.92 Å². The minimum atomic E-state index is -1.27. The first kappa shape index (κ1) is 15.5. The second-order valence-corrected chi connectivity index (χ2v) is 4.79. The number of aromatic hydroxyl groups is 1. The van der Waals surface area contributed by atoms with Crippen molar-refractivity contribution < 1.29 is 24.2 Å². The van der Waals surface area contributed by atoms with Crippen molar-refractivity contribution >= 4 is 34.9 Å². The van der Waals surface area contributed by atoms with E-state index in [0.717, 1.165) is 0 Å². The number of aromatic carboxylic acids is 1. The number of phenols is 1. The molecule has 0 aliphatic carbocycles. The van der Waals surface area contributed by atoms with Crippen LogP contribution in [0.2, 0.25) is 0 Å². The molecule has 7 nitrogen and oxygen atoms in total. The van der Waals surface area contributed by atoms with Crippen molar-refractivity contribution in [2.24, 2.45) is 0 Å². The van der Waals surface area contributed by atoms with Crippen LogP contribution >= 0.6 is 12.2 Å². The van der Waals surface area contributed by atoms with Gasteiger partial charge in [0.15, 0.2) is 10.9 Å². The number of hydrogen-bond donors (Lipinski definition) is 4. The molecule has 2 rings (SSSR count). The number of amides is 1. The Labute approximate surface area is 130 Å². The van der Waals surface area contributed by atoms with Crippen molar-refractivity contribution in [3.05, 3.63) is 47.4 Å². The maximum atomic E-state index is 11.7. The topological polar surface area (TPSA) is 112 Å². The molecule has 0 aliphatic rings. The molecule has 0 spiro atoms. The van der Waals surface area contributed by atoms with E-state index in [9.17, 15) is 14.7 Å². The molecule has 2 aromatic rings. The van der Waals surface area contributed by atoms with Gasteiger partial charge in [0, 0.05) is 5.69 Å². The second kappa shape index (κ2) is 6.27. The normalized spacial score (nSPS) is 10.0. The van der Waals surface area contributed by atoms with Gasteiger partial charge in [0.1, 0.15) is 11.3 Å². The van der Waals surface area contributed by atoms with E-state index in [-0.39, 0.29) is 22.2 Å². The summed E-state index contributed by atoms with van der Waals surface area (Å²) in [4.78, 5) is 22.8. The zero-order chi connectivity index (χ0) is 16.3. The average molecular weight is 320 g/mol. The van der Waals surface area contributed by atoms with Gasteiger partial charge in [0.25, 0.3) is 5.91 Å². The molecule has 0 aliphatic heterocycles. The molecule has 0 unspecified atom stereocenters. The summed E-state index contributed by atoms with van der Waals surface area (Å²) >= 11 is 4.98. The molecule has 0 saturated carbocycles. The van der Waals surface area contributed by atoms with Crippen LogP contribution in [0, 0.1) is 6.92 Å². The van der Waals surface area contributed by atoms with Gasteiger partial charge in [0.2, 0.25) is 0 Å². The van der Waals surface area contributed by atoms with E-state index in [4.69, 9.17) is 21.7 Å². The molecular weight excluding hydrogens is 308 g/mol. The Morgan fingerprint density at radius 3 is 2.64 bits per heavy atom. The van der Waals surface area contributed by atoms with Crippen LogP contribution in [0.25, 0.3) is 0 Å². The van der Waals surface area contributed by atoms with Crippen molar-refractivity contribution in [1.82, 2.24) is 5.32 Å². The predicted octanol–water partition coefficient (Wildman–Crippen LogP) is 2.12. The van der Waals surface area contributed by atoms with Gasteiger partial charge in [-0.2, -0.15) is 0 Å². The Morgan fingerprint density at radius 2 is 2.05 bits per heavy atom. The molecule has 1 aromatic carbocycles. The summed E-state index contributed by atoms with van der Waals surface area (Å²) in [5.74, 6) is -2.02. The Kier molecular flexibility index (Phi) is 4.42. The van der Waals surface area contributed by atoms with E-state index in [1.165, 1.54) is 24.5 Å². The molecule has 8 heteroatoms. The molecule has 0 radical (unpaired) electrons.